The van der Waals surface area contributed by atoms with Crippen LogP contribution in [0.3, 0.4) is 0 Å². The molecule has 1 saturated heterocycles. The van der Waals surface area contributed by atoms with E-state index in [0.29, 0.717) is 36.3 Å². The number of anilines is 1. The molecule has 0 radical (unpaired) electrons. The minimum Gasteiger partial charge on any atom is -0.393 e. The Morgan fingerprint density at radius 3 is 2.61 bits per heavy atom. The zero-order valence-corrected chi connectivity index (χ0v) is 19.5. The van der Waals surface area contributed by atoms with Gasteiger partial charge < -0.3 is 9.74 Å². The molecule has 1 aliphatic carbocycles. The number of oxime groups is 1. The molecule has 2 amide bonds. The van der Waals surface area contributed by atoms with E-state index in [-0.39, 0.29) is 39.5 Å². The summed E-state index contributed by atoms with van der Waals surface area (Å²) in [5, 5.41) is 5.62. The minimum absolute atomic E-state index is 0.0525. The molecule has 1 atom stereocenters. The van der Waals surface area contributed by atoms with E-state index in [1.54, 1.807) is 4.90 Å². The van der Waals surface area contributed by atoms with Crippen molar-refractivity contribution in [1.82, 2.24) is 9.88 Å². The van der Waals surface area contributed by atoms with Gasteiger partial charge in [-0.1, -0.05) is 28.6 Å². The number of likely N-dealkylation sites (tertiary alicyclic amines) is 1. The van der Waals surface area contributed by atoms with Crippen molar-refractivity contribution in [2.24, 2.45) is 5.16 Å². The van der Waals surface area contributed by atoms with Crippen LogP contribution in [0.5, 0.6) is 0 Å². The fraction of sp³-hybridized carbons (Fsp3) is 0.429. The van der Waals surface area contributed by atoms with Crippen LogP contribution in [-0.2, 0) is 24.3 Å². The third-order valence-corrected chi connectivity index (χ3v) is 8.52. The summed E-state index contributed by atoms with van der Waals surface area (Å²) >= 11 is 0.663. The molecule has 176 valence electrons. The van der Waals surface area contributed by atoms with Gasteiger partial charge >= 0.3 is 0 Å². The third kappa shape index (κ3) is 5.38. The number of sulfone groups is 1. The van der Waals surface area contributed by atoms with E-state index in [2.05, 4.69) is 15.5 Å². The molecule has 0 spiro atoms. The van der Waals surface area contributed by atoms with Crippen molar-refractivity contribution in [3.8, 4) is 0 Å². The second-order valence-corrected chi connectivity index (χ2v) is 11.1. The molecule has 1 N–H and O–H groups in total. The van der Waals surface area contributed by atoms with Gasteiger partial charge in [0.1, 0.15) is 6.61 Å². The molecule has 2 aromatic rings. The average molecular weight is 495 g/mol. The van der Waals surface area contributed by atoms with Crippen LogP contribution >= 0.6 is 11.3 Å². The molecule has 0 unspecified atom stereocenters. The van der Waals surface area contributed by atoms with Gasteiger partial charge in [0.2, 0.25) is 5.91 Å². The molecule has 2 fully saturated rings. The molecular formula is C21H23FN4O5S2. The smallest absolute Gasteiger partial charge is 0.280 e. The van der Waals surface area contributed by atoms with Gasteiger partial charge in [-0.05, 0) is 37.8 Å². The number of hydrogen-bond donors (Lipinski definition) is 1. The Morgan fingerprint density at radius 2 is 2.00 bits per heavy atom. The second kappa shape index (κ2) is 9.56. The van der Waals surface area contributed by atoms with E-state index in [1.807, 2.05) is 0 Å². The van der Waals surface area contributed by atoms with E-state index in [9.17, 15) is 22.4 Å². The maximum Gasteiger partial charge on any atom is 0.280 e. The highest BCUT2D eigenvalue weighted by Gasteiger charge is 2.37. The van der Waals surface area contributed by atoms with Gasteiger partial charge in [0, 0.05) is 19.0 Å². The van der Waals surface area contributed by atoms with Gasteiger partial charge in [-0.25, -0.2) is 13.4 Å². The van der Waals surface area contributed by atoms with Gasteiger partial charge in [-0.2, -0.15) is 4.39 Å². The van der Waals surface area contributed by atoms with Crippen LogP contribution in [0.15, 0.2) is 40.5 Å². The van der Waals surface area contributed by atoms with Crippen molar-refractivity contribution in [2.45, 2.75) is 48.8 Å². The fourth-order valence-corrected chi connectivity index (χ4v) is 5.87. The minimum atomic E-state index is -3.38. The first kappa shape index (κ1) is 23.3. The maximum atomic E-state index is 13.3. The summed E-state index contributed by atoms with van der Waals surface area (Å²) in [6.45, 7) is 2.24. The van der Waals surface area contributed by atoms with Gasteiger partial charge in [0.05, 0.1) is 22.4 Å². The number of nitrogens with one attached hydrogen (secondary N) is 1. The topological polar surface area (TPSA) is 118 Å². The van der Waals surface area contributed by atoms with Crippen molar-refractivity contribution in [2.75, 3.05) is 18.5 Å². The normalized spacial score (nSPS) is 18.9. The molecule has 1 aromatic heterocycles. The zero-order valence-electron chi connectivity index (χ0n) is 17.9. The number of aromatic nitrogens is 1. The van der Waals surface area contributed by atoms with Crippen molar-refractivity contribution in [3.05, 3.63) is 41.2 Å². The average Bonchev–Trinajstić information content (AvgIpc) is 3.42. The van der Waals surface area contributed by atoms with Gasteiger partial charge in [-0.15, -0.1) is 0 Å². The van der Waals surface area contributed by atoms with Crippen molar-refractivity contribution in [3.63, 3.8) is 0 Å². The summed E-state index contributed by atoms with van der Waals surface area (Å²) in [6.07, 6.45) is 3.91. The lowest BCUT2D eigenvalue weighted by Gasteiger charge is -2.22. The number of rotatable bonds is 8. The van der Waals surface area contributed by atoms with Crippen LogP contribution < -0.4 is 5.32 Å². The number of nitrogens with zero attached hydrogens (tertiary/aromatic N) is 3. The van der Waals surface area contributed by atoms with Crippen molar-refractivity contribution >= 4 is 43.8 Å². The van der Waals surface area contributed by atoms with E-state index in [1.165, 1.54) is 31.2 Å². The van der Waals surface area contributed by atoms with Crippen molar-refractivity contribution < 1.29 is 27.2 Å². The highest BCUT2D eigenvalue weighted by Crippen LogP contribution is 2.33. The molecule has 33 heavy (non-hydrogen) atoms. The lowest BCUT2D eigenvalue weighted by atomic mass is 10.1. The fourth-order valence-electron chi connectivity index (χ4n) is 3.68. The van der Waals surface area contributed by atoms with Crippen LogP contribution in [-0.4, -0.2) is 60.3 Å². The Labute approximate surface area is 194 Å². The van der Waals surface area contributed by atoms with Crippen LogP contribution in [0.1, 0.15) is 38.2 Å². The molecule has 0 bridgehead atoms. The molecular weight excluding hydrogens is 471 g/mol. The number of carbonyl (C=O) groups is 2. The van der Waals surface area contributed by atoms with Crippen LogP contribution in [0.4, 0.5) is 9.52 Å². The van der Waals surface area contributed by atoms with Gasteiger partial charge in [-0.3, -0.25) is 14.9 Å². The van der Waals surface area contributed by atoms with Crippen LogP contribution in [0.2, 0.25) is 0 Å². The molecule has 12 heteroatoms. The largest absolute Gasteiger partial charge is 0.393 e. The number of halogens is 1. The molecule has 1 aromatic carbocycles. The van der Waals surface area contributed by atoms with Crippen LogP contribution in [0, 0.1) is 5.13 Å². The molecule has 2 heterocycles. The number of hydrogen-bond acceptors (Lipinski definition) is 8. The molecule has 1 saturated carbocycles. The molecule has 2 aliphatic rings. The predicted molar refractivity (Wildman–Crippen MR) is 120 cm³/mol. The Balaban J connectivity index is 1.54. The molecule has 4 rings (SSSR count). The van der Waals surface area contributed by atoms with Crippen molar-refractivity contribution in [1.29, 1.82) is 0 Å². The summed E-state index contributed by atoms with van der Waals surface area (Å²) in [5.74, 6) is -0.738. The SMILES string of the molecule is CC(=O)N1CCC[C@H]1CON=C(C(=O)Nc1ncc(F)s1)c1ccc(S(=O)(=O)C2CC2)cc1. The number of amides is 2. The van der Waals surface area contributed by atoms with Gasteiger partial charge in [0.25, 0.3) is 5.91 Å². The lowest BCUT2D eigenvalue weighted by Crippen LogP contribution is -2.36. The third-order valence-electron chi connectivity index (χ3n) is 5.54. The number of thiazole rings is 1. The maximum absolute atomic E-state index is 13.3. The quantitative estimate of drug-likeness (QED) is 0.445. The molecule has 9 nitrogen and oxygen atoms in total. The zero-order chi connectivity index (χ0) is 23.6. The number of carbonyl (C=O) groups excluding carboxylic acids is 2. The highest BCUT2D eigenvalue weighted by molar-refractivity contribution is 7.92. The first-order valence-corrected chi connectivity index (χ1v) is 12.9. The monoisotopic (exact) mass is 494 g/mol. The standard InChI is InChI=1S/C21H23FN4O5S2/c1-13(27)26-10-2-3-15(26)12-31-25-19(20(28)24-21-23-11-18(22)32-21)14-4-6-16(7-5-14)33(29,30)17-8-9-17/h4-7,11,15,17H,2-3,8-10,12H2,1H3,(H,23,24,28)/t15-/m0/s1. The first-order chi connectivity index (χ1) is 15.8. The Bertz CT molecular complexity index is 1180. The Hall–Kier alpha value is -2.86. The summed E-state index contributed by atoms with van der Waals surface area (Å²) in [5.41, 5.74) is 0.211. The lowest BCUT2D eigenvalue weighted by molar-refractivity contribution is -0.130. The van der Waals surface area contributed by atoms with E-state index in [4.69, 9.17) is 4.84 Å². The summed E-state index contributed by atoms with van der Waals surface area (Å²) in [4.78, 5) is 35.7. The highest BCUT2D eigenvalue weighted by atomic mass is 32.2. The Kier molecular flexibility index (Phi) is 6.75. The summed E-state index contributed by atoms with van der Waals surface area (Å²) < 4.78 is 38.2. The van der Waals surface area contributed by atoms with Crippen LogP contribution in [0.25, 0.3) is 0 Å². The first-order valence-electron chi connectivity index (χ1n) is 10.5. The molecule has 1 aliphatic heterocycles. The van der Waals surface area contributed by atoms with E-state index >= 15 is 0 Å². The van der Waals surface area contributed by atoms with Gasteiger partial charge in [0.15, 0.2) is 25.8 Å². The number of benzene rings is 1. The summed E-state index contributed by atoms with van der Waals surface area (Å²) in [6, 6.07) is 5.69. The Morgan fingerprint density at radius 1 is 1.27 bits per heavy atom. The second-order valence-electron chi connectivity index (χ2n) is 7.94. The van der Waals surface area contributed by atoms with E-state index in [0.717, 1.165) is 19.0 Å². The van der Waals surface area contributed by atoms with E-state index < -0.39 is 20.9 Å². The summed E-state index contributed by atoms with van der Waals surface area (Å²) in [7, 11) is -3.38. The predicted octanol–water partition coefficient (Wildman–Crippen LogP) is 2.59.